The van der Waals surface area contributed by atoms with Gasteiger partial charge < -0.3 is 8.98 Å². The number of benzene rings is 1. The standard InChI is InChI=1S/C15H14N4O3S/c1-10(11-5-3-6-12(9-11)19(20)21)23-15-17-16-14(18(15)2)13-7-4-8-22-13/h3-10H,1-2H3/t10-/m1/s1. The summed E-state index contributed by atoms with van der Waals surface area (Å²) < 4.78 is 7.18. The molecule has 0 saturated carbocycles. The lowest BCUT2D eigenvalue weighted by molar-refractivity contribution is -0.384. The molecule has 23 heavy (non-hydrogen) atoms. The monoisotopic (exact) mass is 330 g/mol. The summed E-state index contributed by atoms with van der Waals surface area (Å²) in [5, 5.41) is 19.9. The lowest BCUT2D eigenvalue weighted by Gasteiger charge is -2.10. The van der Waals surface area contributed by atoms with Crippen LogP contribution in [-0.4, -0.2) is 19.7 Å². The molecule has 8 heteroatoms. The Labute approximate surface area is 136 Å². The second kappa shape index (κ2) is 6.25. The van der Waals surface area contributed by atoms with Crippen molar-refractivity contribution >= 4 is 17.4 Å². The van der Waals surface area contributed by atoms with Crippen LogP contribution in [0.2, 0.25) is 0 Å². The lowest BCUT2D eigenvalue weighted by Crippen LogP contribution is -1.97. The van der Waals surface area contributed by atoms with E-state index < -0.39 is 4.92 Å². The van der Waals surface area contributed by atoms with Crippen LogP contribution in [0.5, 0.6) is 0 Å². The van der Waals surface area contributed by atoms with Crippen LogP contribution in [0.3, 0.4) is 0 Å². The SMILES string of the molecule is C[C@@H](Sc1nnc(-c2ccco2)n1C)c1cccc([N+](=O)[O-])c1. The smallest absolute Gasteiger partial charge is 0.269 e. The molecule has 0 saturated heterocycles. The van der Waals surface area contributed by atoms with Gasteiger partial charge in [0.2, 0.25) is 0 Å². The summed E-state index contributed by atoms with van der Waals surface area (Å²) in [5.74, 6) is 1.29. The molecule has 0 amide bonds. The summed E-state index contributed by atoms with van der Waals surface area (Å²) in [7, 11) is 1.86. The molecule has 2 heterocycles. The maximum Gasteiger partial charge on any atom is 0.269 e. The molecule has 0 aliphatic rings. The van der Waals surface area contributed by atoms with Crippen LogP contribution in [0.25, 0.3) is 11.6 Å². The molecule has 7 nitrogen and oxygen atoms in total. The first-order valence-corrected chi connectivity index (χ1v) is 7.78. The maximum absolute atomic E-state index is 10.9. The molecule has 3 aromatic rings. The largest absolute Gasteiger partial charge is 0.461 e. The number of nitrogens with zero attached hydrogens (tertiary/aromatic N) is 4. The first kappa shape index (κ1) is 15.3. The molecule has 0 radical (unpaired) electrons. The number of thioether (sulfide) groups is 1. The zero-order valence-corrected chi connectivity index (χ0v) is 13.4. The summed E-state index contributed by atoms with van der Waals surface area (Å²) in [4.78, 5) is 10.5. The van der Waals surface area contributed by atoms with E-state index in [2.05, 4.69) is 10.2 Å². The molecular weight excluding hydrogens is 316 g/mol. The van der Waals surface area contributed by atoms with Crippen molar-refractivity contribution in [2.45, 2.75) is 17.3 Å². The van der Waals surface area contributed by atoms with Crippen LogP contribution in [0.1, 0.15) is 17.7 Å². The Hall–Kier alpha value is -2.61. The van der Waals surface area contributed by atoms with E-state index in [1.165, 1.54) is 17.8 Å². The van der Waals surface area contributed by atoms with Crippen molar-refractivity contribution < 1.29 is 9.34 Å². The minimum atomic E-state index is -0.391. The van der Waals surface area contributed by atoms with Gasteiger partial charge in [0, 0.05) is 24.4 Å². The highest BCUT2D eigenvalue weighted by atomic mass is 32.2. The number of hydrogen-bond donors (Lipinski definition) is 0. The molecule has 0 N–H and O–H groups in total. The van der Waals surface area contributed by atoms with E-state index in [4.69, 9.17) is 4.42 Å². The molecule has 0 unspecified atom stereocenters. The van der Waals surface area contributed by atoms with Gasteiger partial charge in [0.15, 0.2) is 16.7 Å². The van der Waals surface area contributed by atoms with E-state index in [-0.39, 0.29) is 10.9 Å². The molecule has 0 aliphatic heterocycles. The molecular formula is C15H14N4O3S. The predicted octanol–water partition coefficient (Wildman–Crippen LogP) is 3.84. The summed E-state index contributed by atoms with van der Waals surface area (Å²) in [6, 6.07) is 10.2. The van der Waals surface area contributed by atoms with Gasteiger partial charge in [-0.25, -0.2) is 0 Å². The van der Waals surface area contributed by atoms with E-state index in [0.29, 0.717) is 11.6 Å². The number of aromatic nitrogens is 3. The van der Waals surface area contributed by atoms with E-state index >= 15 is 0 Å². The first-order chi connectivity index (χ1) is 11.1. The summed E-state index contributed by atoms with van der Waals surface area (Å²) in [6.07, 6.45) is 1.59. The molecule has 0 spiro atoms. The number of rotatable bonds is 5. The Bertz CT molecular complexity index is 829. The normalized spacial score (nSPS) is 12.3. The summed E-state index contributed by atoms with van der Waals surface area (Å²) in [6.45, 7) is 1.98. The highest BCUT2D eigenvalue weighted by Gasteiger charge is 2.18. The number of nitro benzene ring substituents is 1. The van der Waals surface area contributed by atoms with Gasteiger partial charge in [-0.05, 0) is 24.6 Å². The Morgan fingerprint density at radius 1 is 1.30 bits per heavy atom. The highest BCUT2D eigenvalue weighted by molar-refractivity contribution is 7.99. The predicted molar refractivity (Wildman–Crippen MR) is 86.1 cm³/mol. The van der Waals surface area contributed by atoms with Gasteiger partial charge in [0.25, 0.3) is 5.69 Å². The molecule has 1 atom stereocenters. The van der Waals surface area contributed by atoms with Crippen LogP contribution in [0, 0.1) is 10.1 Å². The third-order valence-electron chi connectivity index (χ3n) is 3.41. The third kappa shape index (κ3) is 3.11. The van der Waals surface area contributed by atoms with Crippen LogP contribution in [0.4, 0.5) is 5.69 Å². The molecule has 1 aromatic carbocycles. The van der Waals surface area contributed by atoms with Gasteiger partial charge >= 0.3 is 0 Å². The van der Waals surface area contributed by atoms with Crippen molar-refractivity contribution in [1.29, 1.82) is 0 Å². The maximum atomic E-state index is 10.9. The lowest BCUT2D eigenvalue weighted by atomic mass is 10.1. The fourth-order valence-corrected chi connectivity index (χ4v) is 3.09. The van der Waals surface area contributed by atoms with E-state index in [1.807, 2.05) is 30.7 Å². The van der Waals surface area contributed by atoms with Crippen molar-refractivity contribution in [2.75, 3.05) is 0 Å². The highest BCUT2D eigenvalue weighted by Crippen LogP contribution is 2.35. The first-order valence-electron chi connectivity index (χ1n) is 6.90. The zero-order chi connectivity index (χ0) is 16.4. The van der Waals surface area contributed by atoms with Crippen molar-refractivity contribution in [1.82, 2.24) is 14.8 Å². The van der Waals surface area contributed by atoms with Gasteiger partial charge in [-0.1, -0.05) is 23.9 Å². The van der Waals surface area contributed by atoms with Gasteiger partial charge in [-0.15, -0.1) is 10.2 Å². The summed E-state index contributed by atoms with van der Waals surface area (Å²) in [5.41, 5.74) is 0.955. The Morgan fingerprint density at radius 2 is 2.13 bits per heavy atom. The fourth-order valence-electron chi connectivity index (χ4n) is 2.16. The molecule has 0 aliphatic carbocycles. The average Bonchev–Trinajstić information content (AvgIpc) is 3.18. The number of furan rings is 1. The van der Waals surface area contributed by atoms with E-state index in [1.54, 1.807) is 24.5 Å². The minimum Gasteiger partial charge on any atom is -0.461 e. The minimum absolute atomic E-state index is 0.00208. The number of nitro groups is 1. The quantitative estimate of drug-likeness (QED) is 0.401. The van der Waals surface area contributed by atoms with Crippen molar-refractivity contribution in [2.24, 2.45) is 7.05 Å². The van der Waals surface area contributed by atoms with Crippen LogP contribution in [-0.2, 0) is 7.05 Å². The Morgan fingerprint density at radius 3 is 2.83 bits per heavy atom. The topological polar surface area (TPSA) is 87.0 Å². The Balaban J connectivity index is 1.82. The second-order valence-corrected chi connectivity index (χ2v) is 6.26. The van der Waals surface area contributed by atoms with Gasteiger partial charge in [-0.3, -0.25) is 10.1 Å². The van der Waals surface area contributed by atoms with Crippen molar-refractivity contribution in [3.05, 3.63) is 58.3 Å². The van der Waals surface area contributed by atoms with Crippen molar-refractivity contribution in [3.63, 3.8) is 0 Å². The van der Waals surface area contributed by atoms with Crippen molar-refractivity contribution in [3.8, 4) is 11.6 Å². The van der Waals surface area contributed by atoms with Crippen LogP contribution < -0.4 is 0 Å². The van der Waals surface area contributed by atoms with E-state index in [9.17, 15) is 10.1 Å². The molecule has 2 aromatic heterocycles. The summed E-state index contributed by atoms with van der Waals surface area (Å²) >= 11 is 1.49. The molecule has 3 rings (SSSR count). The third-order valence-corrected chi connectivity index (χ3v) is 4.60. The van der Waals surface area contributed by atoms with E-state index in [0.717, 1.165) is 10.7 Å². The van der Waals surface area contributed by atoms with Gasteiger partial charge in [0.1, 0.15) is 0 Å². The molecule has 118 valence electrons. The molecule has 0 fully saturated rings. The zero-order valence-electron chi connectivity index (χ0n) is 12.5. The number of hydrogen-bond acceptors (Lipinski definition) is 6. The fraction of sp³-hybridized carbons (Fsp3) is 0.200. The average molecular weight is 330 g/mol. The van der Waals surface area contributed by atoms with Gasteiger partial charge in [-0.2, -0.15) is 0 Å². The Kier molecular flexibility index (Phi) is 4.16. The van der Waals surface area contributed by atoms with Crippen LogP contribution >= 0.6 is 11.8 Å². The second-order valence-electron chi connectivity index (χ2n) is 4.95. The number of non-ortho nitro benzene ring substituents is 1. The van der Waals surface area contributed by atoms with Gasteiger partial charge in [0.05, 0.1) is 11.2 Å². The molecule has 0 bridgehead atoms. The van der Waals surface area contributed by atoms with Crippen LogP contribution in [0.15, 0.2) is 52.2 Å².